The number of rotatable bonds is 4. The van der Waals surface area contributed by atoms with Crippen molar-refractivity contribution in [1.82, 2.24) is 5.32 Å². The quantitative estimate of drug-likeness (QED) is 0.586. The number of hydrogen-bond acceptors (Lipinski definition) is 4. The summed E-state index contributed by atoms with van der Waals surface area (Å²) in [5, 5.41) is 11.9. The van der Waals surface area contributed by atoms with Crippen molar-refractivity contribution < 1.29 is 14.6 Å². The maximum Gasteiger partial charge on any atom is 0.328 e. The van der Waals surface area contributed by atoms with Crippen LogP contribution in [0.2, 0.25) is 0 Å². The highest BCUT2D eigenvalue weighted by Crippen LogP contribution is 2.06. The van der Waals surface area contributed by atoms with Gasteiger partial charge in [0.15, 0.2) is 0 Å². The lowest BCUT2D eigenvalue weighted by atomic mass is 10.0. The van der Waals surface area contributed by atoms with Gasteiger partial charge < -0.3 is 9.84 Å². The van der Waals surface area contributed by atoms with Gasteiger partial charge in [0.1, 0.15) is 5.54 Å². The van der Waals surface area contributed by atoms with Crippen molar-refractivity contribution in [2.24, 2.45) is 0 Å². The molecule has 12 heavy (non-hydrogen) atoms. The number of carbonyl (C=O) groups excluding carboxylic acids is 1. The Labute approximate surface area is 72.9 Å². The highest BCUT2D eigenvalue weighted by atomic mass is 16.5. The minimum Gasteiger partial charge on any atom is -0.468 e. The van der Waals surface area contributed by atoms with E-state index < -0.39 is 11.5 Å². The van der Waals surface area contributed by atoms with E-state index in [9.17, 15) is 4.79 Å². The summed E-state index contributed by atoms with van der Waals surface area (Å²) in [5.41, 5.74) is -0.983. The molecule has 0 bridgehead atoms. The van der Waals surface area contributed by atoms with Gasteiger partial charge in [-0.3, -0.25) is 5.32 Å². The van der Waals surface area contributed by atoms with Gasteiger partial charge in [-0.1, -0.05) is 0 Å². The second-order valence-electron chi connectivity index (χ2n) is 3.28. The van der Waals surface area contributed by atoms with Gasteiger partial charge >= 0.3 is 5.97 Å². The molecule has 2 N–H and O–H groups in total. The summed E-state index contributed by atoms with van der Waals surface area (Å²) < 4.78 is 4.55. The van der Waals surface area contributed by atoms with Gasteiger partial charge in [0.25, 0.3) is 0 Å². The third kappa shape index (κ3) is 2.79. The summed E-state index contributed by atoms with van der Waals surface area (Å²) in [5.74, 6) is -0.446. The molecule has 0 spiro atoms. The standard InChI is InChI=1S/C8H17NO3/c1-6(2)9-8(3,5-10)7(11)12-4/h6,9-10H,5H2,1-4H3/t8-/m0/s1. The Balaban J connectivity index is 4.33. The van der Waals surface area contributed by atoms with Crippen molar-refractivity contribution in [3.8, 4) is 0 Å². The number of aliphatic hydroxyl groups excluding tert-OH is 1. The molecule has 0 rings (SSSR count). The average molecular weight is 175 g/mol. The Morgan fingerprint density at radius 1 is 1.67 bits per heavy atom. The van der Waals surface area contributed by atoms with E-state index in [1.165, 1.54) is 7.11 Å². The van der Waals surface area contributed by atoms with Crippen molar-refractivity contribution in [3.63, 3.8) is 0 Å². The first-order valence-corrected chi connectivity index (χ1v) is 3.93. The zero-order valence-electron chi connectivity index (χ0n) is 8.05. The Morgan fingerprint density at radius 3 is 2.42 bits per heavy atom. The fourth-order valence-corrected chi connectivity index (χ4v) is 1.03. The SMILES string of the molecule is COC(=O)[C@](C)(CO)NC(C)C. The van der Waals surface area contributed by atoms with Gasteiger partial charge in [0.2, 0.25) is 0 Å². The molecule has 4 heteroatoms. The lowest BCUT2D eigenvalue weighted by Gasteiger charge is -2.27. The van der Waals surface area contributed by atoms with Crippen molar-refractivity contribution in [2.75, 3.05) is 13.7 Å². The fraction of sp³-hybridized carbons (Fsp3) is 0.875. The zero-order valence-corrected chi connectivity index (χ0v) is 8.05. The lowest BCUT2D eigenvalue weighted by molar-refractivity contribution is -0.149. The van der Waals surface area contributed by atoms with Crippen LogP contribution in [0.4, 0.5) is 0 Å². The van der Waals surface area contributed by atoms with Crippen molar-refractivity contribution in [2.45, 2.75) is 32.4 Å². The molecule has 0 unspecified atom stereocenters. The van der Waals surface area contributed by atoms with Crippen molar-refractivity contribution in [1.29, 1.82) is 0 Å². The molecule has 1 atom stereocenters. The first-order valence-electron chi connectivity index (χ1n) is 3.93. The van der Waals surface area contributed by atoms with Crippen LogP contribution in [0.3, 0.4) is 0 Å². The second-order valence-corrected chi connectivity index (χ2v) is 3.28. The molecule has 0 aliphatic rings. The predicted molar refractivity (Wildman–Crippen MR) is 45.8 cm³/mol. The molecule has 0 aliphatic heterocycles. The van der Waals surface area contributed by atoms with Crippen LogP contribution in [0, 0.1) is 0 Å². The van der Waals surface area contributed by atoms with Crippen molar-refractivity contribution in [3.05, 3.63) is 0 Å². The molecule has 0 saturated heterocycles. The van der Waals surface area contributed by atoms with E-state index in [1.807, 2.05) is 13.8 Å². The van der Waals surface area contributed by atoms with Crippen LogP contribution in [0.1, 0.15) is 20.8 Å². The predicted octanol–water partition coefficient (Wildman–Crippen LogP) is -0.0916. The smallest absolute Gasteiger partial charge is 0.328 e. The van der Waals surface area contributed by atoms with E-state index >= 15 is 0 Å². The van der Waals surface area contributed by atoms with Crippen molar-refractivity contribution >= 4 is 5.97 Å². The number of hydrogen-bond donors (Lipinski definition) is 2. The van der Waals surface area contributed by atoms with Crippen LogP contribution in [-0.4, -0.2) is 36.4 Å². The maximum atomic E-state index is 11.2. The summed E-state index contributed by atoms with van der Waals surface area (Å²) in [6.07, 6.45) is 0. The molecule has 0 fully saturated rings. The molecule has 72 valence electrons. The minimum absolute atomic E-state index is 0.126. The molecule has 0 saturated carbocycles. The van der Waals surface area contributed by atoms with E-state index in [0.717, 1.165) is 0 Å². The largest absolute Gasteiger partial charge is 0.468 e. The number of nitrogens with one attached hydrogen (secondary N) is 1. The highest BCUT2D eigenvalue weighted by Gasteiger charge is 2.33. The summed E-state index contributed by atoms with van der Waals surface area (Å²) in [6.45, 7) is 5.14. The summed E-state index contributed by atoms with van der Waals surface area (Å²) in [4.78, 5) is 11.2. The monoisotopic (exact) mass is 175 g/mol. The lowest BCUT2D eigenvalue weighted by Crippen LogP contribution is -2.55. The first kappa shape index (κ1) is 11.4. The molecule has 0 aromatic heterocycles. The topological polar surface area (TPSA) is 58.6 Å². The Kier molecular flexibility index (Phi) is 4.20. The van der Waals surface area contributed by atoms with Gasteiger partial charge in [-0.2, -0.15) is 0 Å². The van der Waals surface area contributed by atoms with Crippen LogP contribution in [-0.2, 0) is 9.53 Å². The maximum absolute atomic E-state index is 11.2. The average Bonchev–Trinajstić information content (AvgIpc) is 2.01. The molecule has 0 aliphatic carbocycles. The molecule has 0 aromatic rings. The van der Waals surface area contributed by atoms with Crippen LogP contribution >= 0.6 is 0 Å². The Morgan fingerprint density at radius 2 is 2.17 bits per heavy atom. The second kappa shape index (κ2) is 4.42. The van der Waals surface area contributed by atoms with Gasteiger partial charge in [-0.25, -0.2) is 4.79 Å². The number of aliphatic hydroxyl groups is 1. The van der Waals surface area contributed by atoms with Crippen LogP contribution in [0.25, 0.3) is 0 Å². The van der Waals surface area contributed by atoms with Gasteiger partial charge in [0.05, 0.1) is 13.7 Å². The zero-order chi connectivity index (χ0) is 9.78. The molecule has 0 amide bonds. The molecule has 0 heterocycles. The molecule has 0 aromatic carbocycles. The summed E-state index contributed by atoms with van der Waals surface area (Å²) in [7, 11) is 1.30. The van der Waals surface area contributed by atoms with Gasteiger partial charge in [-0.05, 0) is 20.8 Å². The number of methoxy groups -OCH3 is 1. The van der Waals surface area contributed by atoms with Crippen LogP contribution < -0.4 is 5.32 Å². The Bertz CT molecular complexity index is 158. The Hall–Kier alpha value is -0.610. The van der Waals surface area contributed by atoms with Gasteiger partial charge in [0, 0.05) is 6.04 Å². The molecular formula is C8H17NO3. The van der Waals surface area contributed by atoms with E-state index in [1.54, 1.807) is 6.92 Å². The van der Waals surface area contributed by atoms with E-state index in [2.05, 4.69) is 10.1 Å². The normalized spacial score (nSPS) is 15.8. The number of ether oxygens (including phenoxy) is 1. The van der Waals surface area contributed by atoms with E-state index in [-0.39, 0.29) is 12.6 Å². The molecule has 0 radical (unpaired) electrons. The first-order chi connectivity index (χ1) is 5.46. The minimum atomic E-state index is -0.983. The summed E-state index contributed by atoms with van der Waals surface area (Å²) >= 11 is 0. The summed E-state index contributed by atoms with van der Waals surface area (Å²) in [6, 6.07) is 0.126. The fourth-order valence-electron chi connectivity index (χ4n) is 1.03. The molecular weight excluding hydrogens is 158 g/mol. The van der Waals surface area contributed by atoms with Gasteiger partial charge in [-0.15, -0.1) is 0 Å². The van der Waals surface area contributed by atoms with E-state index in [4.69, 9.17) is 5.11 Å². The van der Waals surface area contributed by atoms with Crippen LogP contribution in [0.5, 0.6) is 0 Å². The highest BCUT2D eigenvalue weighted by molar-refractivity contribution is 5.80. The van der Waals surface area contributed by atoms with Crippen LogP contribution in [0.15, 0.2) is 0 Å². The number of esters is 1. The third-order valence-corrected chi connectivity index (χ3v) is 1.56. The number of carbonyl (C=O) groups is 1. The third-order valence-electron chi connectivity index (χ3n) is 1.56. The van der Waals surface area contributed by atoms with E-state index in [0.29, 0.717) is 0 Å². The molecule has 4 nitrogen and oxygen atoms in total.